The van der Waals surface area contributed by atoms with Crippen LogP contribution < -0.4 is 27.0 Å². The average molecular weight is 580 g/mol. The molecule has 1 unspecified atom stereocenters. The van der Waals surface area contributed by atoms with Crippen molar-refractivity contribution in [2.75, 3.05) is 12.4 Å². The molecule has 2 aliphatic rings. The summed E-state index contributed by atoms with van der Waals surface area (Å²) in [6.45, 7) is 1.21. The van der Waals surface area contributed by atoms with Gasteiger partial charge >= 0.3 is 24.4 Å². The highest BCUT2D eigenvalue weighted by Crippen LogP contribution is 2.57. The van der Waals surface area contributed by atoms with E-state index in [1.165, 1.54) is 13.8 Å². The Kier molecular flexibility index (Phi) is 9.24. The highest BCUT2D eigenvalue weighted by Gasteiger charge is 2.54. The molecule has 16 nitrogen and oxygen atoms in total. The highest BCUT2D eigenvalue weighted by atomic mass is 32.7. The smallest absolute Gasteiger partial charge is 0.330 e. The molecule has 0 radical (unpaired) electrons. The number of amides is 3. The Morgan fingerprint density at radius 2 is 2.00 bits per heavy atom. The number of ether oxygens (including phenoxy) is 2. The molecule has 2 aliphatic heterocycles. The summed E-state index contributed by atoms with van der Waals surface area (Å²) in [5, 5.41) is 28.5. The fraction of sp³-hybridized carbons (Fsp3) is 0.650. The predicted octanol–water partition coefficient (Wildman–Crippen LogP) is -1.46. The standard InChI is InChI=1S/C20H30N5O11PS/c1-9(2)35-16(29)10(3)24-37(33,38-8-11-15(28)23-18(30)21-11)34-7-12-14(27)20(4,32)17(36-12)25-6-5-13(26)22-19(25)31/h5-6,9-12,14,17,27,32H,7-8H2,1-4H3,(H,24,33)(H,22,26,31)(H2,21,23,28,30)/t10-,11?,12-,14-,17-,20-,37+/m1/s1. The van der Waals surface area contributed by atoms with E-state index in [4.69, 9.17) is 14.0 Å². The normalized spacial score (nSPS) is 29.6. The maximum absolute atomic E-state index is 13.7. The summed E-state index contributed by atoms with van der Waals surface area (Å²) in [5.41, 5.74) is -3.60. The number of esters is 1. The minimum absolute atomic E-state index is 0.199. The van der Waals surface area contributed by atoms with Gasteiger partial charge in [0.15, 0.2) is 6.23 Å². The van der Waals surface area contributed by atoms with Crippen LogP contribution in [0.15, 0.2) is 21.9 Å². The molecule has 3 amide bonds. The lowest BCUT2D eigenvalue weighted by Gasteiger charge is -2.27. The van der Waals surface area contributed by atoms with Crippen molar-refractivity contribution < 1.29 is 43.2 Å². The number of carbonyl (C=O) groups excluding carboxylic acids is 3. The number of aromatic nitrogens is 2. The van der Waals surface area contributed by atoms with E-state index in [-0.39, 0.29) is 5.75 Å². The number of nitrogens with one attached hydrogen (secondary N) is 4. The molecule has 2 saturated heterocycles. The van der Waals surface area contributed by atoms with Crippen molar-refractivity contribution in [3.63, 3.8) is 0 Å². The Morgan fingerprint density at radius 3 is 2.58 bits per heavy atom. The van der Waals surface area contributed by atoms with Crippen molar-refractivity contribution in [1.29, 1.82) is 0 Å². The zero-order valence-corrected chi connectivity index (χ0v) is 22.6. The van der Waals surface area contributed by atoms with Crippen molar-refractivity contribution in [1.82, 2.24) is 25.3 Å². The van der Waals surface area contributed by atoms with Crippen LogP contribution in [0.3, 0.4) is 0 Å². The van der Waals surface area contributed by atoms with Gasteiger partial charge in [0.2, 0.25) is 0 Å². The number of rotatable bonds is 11. The first kappa shape index (κ1) is 30.0. The zero-order valence-electron chi connectivity index (χ0n) is 20.9. The van der Waals surface area contributed by atoms with Gasteiger partial charge in [0, 0.05) is 18.0 Å². The quantitative estimate of drug-likeness (QED) is 0.100. The summed E-state index contributed by atoms with van der Waals surface area (Å²) in [5.74, 6) is -1.57. The van der Waals surface area contributed by atoms with Crippen LogP contribution in [-0.2, 0) is 28.2 Å². The maximum atomic E-state index is 13.7. The predicted molar refractivity (Wildman–Crippen MR) is 132 cm³/mol. The number of imide groups is 1. The number of hydrogen-bond acceptors (Lipinski definition) is 12. The number of urea groups is 1. The molecule has 38 heavy (non-hydrogen) atoms. The molecule has 2 fully saturated rings. The molecule has 0 bridgehead atoms. The number of aliphatic hydroxyl groups excluding tert-OH is 1. The van der Waals surface area contributed by atoms with Crippen molar-refractivity contribution in [2.45, 2.75) is 69.9 Å². The molecule has 0 aliphatic carbocycles. The summed E-state index contributed by atoms with van der Waals surface area (Å²) in [4.78, 5) is 61.2. The number of H-pyrrole nitrogens is 1. The van der Waals surface area contributed by atoms with Gasteiger partial charge in [0.1, 0.15) is 29.9 Å². The molecule has 7 atom stereocenters. The van der Waals surface area contributed by atoms with Gasteiger partial charge in [-0.2, -0.15) is 0 Å². The van der Waals surface area contributed by atoms with Gasteiger partial charge in [-0.1, -0.05) is 11.4 Å². The number of hydrogen-bond donors (Lipinski definition) is 6. The summed E-state index contributed by atoms with van der Waals surface area (Å²) < 4.78 is 30.9. The third kappa shape index (κ3) is 6.91. The maximum Gasteiger partial charge on any atom is 0.330 e. The number of carbonyl (C=O) groups is 3. The van der Waals surface area contributed by atoms with Crippen LogP contribution >= 0.6 is 18.1 Å². The summed E-state index contributed by atoms with van der Waals surface area (Å²) in [6, 6.07) is -1.82. The minimum atomic E-state index is -4.05. The van der Waals surface area contributed by atoms with Gasteiger partial charge in [-0.05, 0) is 27.7 Å². The molecule has 3 rings (SSSR count). The van der Waals surface area contributed by atoms with Gasteiger partial charge < -0.3 is 29.5 Å². The summed E-state index contributed by atoms with van der Waals surface area (Å²) in [6.07, 6.45) is -3.74. The lowest BCUT2D eigenvalue weighted by atomic mass is 9.96. The molecule has 6 N–H and O–H groups in total. The van der Waals surface area contributed by atoms with Gasteiger partial charge in [-0.3, -0.25) is 33.8 Å². The van der Waals surface area contributed by atoms with E-state index in [0.29, 0.717) is 11.4 Å². The number of nitrogens with zero attached hydrogens (tertiary/aromatic N) is 1. The Balaban J connectivity index is 1.76. The molecular weight excluding hydrogens is 549 g/mol. The van der Waals surface area contributed by atoms with E-state index >= 15 is 0 Å². The van der Waals surface area contributed by atoms with Gasteiger partial charge in [-0.15, -0.1) is 0 Å². The van der Waals surface area contributed by atoms with Crippen LogP contribution in [0.2, 0.25) is 0 Å². The first-order valence-electron chi connectivity index (χ1n) is 11.5. The Labute approximate surface area is 220 Å². The van der Waals surface area contributed by atoms with E-state index in [2.05, 4.69) is 10.4 Å². The minimum Gasteiger partial charge on any atom is -0.462 e. The van der Waals surface area contributed by atoms with Crippen LogP contribution in [0.25, 0.3) is 0 Å². The molecule has 1 aromatic rings. The number of aromatic amines is 1. The van der Waals surface area contributed by atoms with Crippen LogP contribution in [0, 0.1) is 0 Å². The third-order valence-electron chi connectivity index (χ3n) is 5.59. The van der Waals surface area contributed by atoms with E-state index in [9.17, 15) is 38.8 Å². The first-order chi connectivity index (χ1) is 17.6. The van der Waals surface area contributed by atoms with Crippen LogP contribution in [0.4, 0.5) is 4.79 Å². The molecule has 3 heterocycles. The van der Waals surface area contributed by atoms with Crippen molar-refractivity contribution in [3.05, 3.63) is 33.1 Å². The van der Waals surface area contributed by atoms with Crippen molar-refractivity contribution >= 4 is 36.0 Å². The second kappa shape index (κ2) is 11.7. The zero-order chi connectivity index (χ0) is 28.4. The fourth-order valence-electron chi connectivity index (χ4n) is 3.65. The Bertz CT molecular complexity index is 1230. The molecule has 0 spiro atoms. The summed E-state index contributed by atoms with van der Waals surface area (Å²) in [7, 11) is 0. The van der Waals surface area contributed by atoms with Gasteiger partial charge in [-0.25, -0.2) is 14.7 Å². The fourth-order valence-corrected chi connectivity index (χ4v) is 7.51. The number of aliphatic hydroxyl groups is 2. The van der Waals surface area contributed by atoms with E-state index in [0.717, 1.165) is 16.8 Å². The van der Waals surface area contributed by atoms with Crippen LogP contribution in [0.1, 0.15) is 33.9 Å². The van der Waals surface area contributed by atoms with E-state index in [1.807, 2.05) is 10.3 Å². The van der Waals surface area contributed by atoms with Crippen molar-refractivity contribution in [2.24, 2.45) is 0 Å². The third-order valence-corrected chi connectivity index (χ3v) is 9.71. The second-order valence-corrected chi connectivity index (χ2v) is 13.5. The lowest BCUT2D eigenvalue weighted by molar-refractivity contribution is -0.149. The average Bonchev–Trinajstić information content (AvgIpc) is 3.25. The largest absolute Gasteiger partial charge is 0.462 e. The van der Waals surface area contributed by atoms with Gasteiger partial charge in [0.05, 0.1) is 12.7 Å². The monoisotopic (exact) mass is 579 g/mol. The van der Waals surface area contributed by atoms with Crippen LogP contribution in [-0.4, -0.2) is 86.0 Å². The molecular formula is C20H30N5O11PS. The molecule has 0 saturated carbocycles. The topological polar surface area (TPSA) is 227 Å². The van der Waals surface area contributed by atoms with E-state index in [1.54, 1.807) is 13.8 Å². The van der Waals surface area contributed by atoms with Crippen molar-refractivity contribution in [3.8, 4) is 0 Å². The summed E-state index contributed by atoms with van der Waals surface area (Å²) >= 11 is 0.622. The SMILES string of the molecule is CC(C)OC(=O)[C@@H](C)N[P@](=O)(OC[C@H]1O[C@@H](n2ccc(=O)[nH]c2=O)[C@](C)(O)[C@@H]1O)SCC1NC(=O)NC1=O. The Hall–Kier alpha value is -2.53. The first-order valence-corrected chi connectivity index (χ1v) is 14.7. The van der Waals surface area contributed by atoms with Gasteiger partial charge in [0.25, 0.3) is 11.5 Å². The van der Waals surface area contributed by atoms with E-state index < -0.39 is 84.7 Å². The molecule has 1 aromatic heterocycles. The lowest BCUT2D eigenvalue weighted by Crippen LogP contribution is -2.47. The second-order valence-electron chi connectivity index (χ2n) is 9.16. The highest BCUT2D eigenvalue weighted by molar-refractivity contribution is 8.56. The van der Waals surface area contributed by atoms with Crippen LogP contribution in [0.5, 0.6) is 0 Å². The molecule has 212 valence electrons. The Morgan fingerprint density at radius 1 is 1.32 bits per heavy atom. The molecule has 0 aromatic carbocycles. The molecule has 18 heteroatoms.